The summed E-state index contributed by atoms with van der Waals surface area (Å²) in [6, 6.07) is 18.9. The van der Waals surface area contributed by atoms with Crippen molar-refractivity contribution in [3.05, 3.63) is 65.7 Å². The van der Waals surface area contributed by atoms with Gasteiger partial charge in [0.15, 0.2) is 0 Å². The topological polar surface area (TPSA) is 0 Å². The van der Waals surface area contributed by atoms with E-state index < -0.39 is 0 Å². The largest absolute Gasteiger partial charge is 0.0804 e. The Morgan fingerprint density at radius 3 is 1.78 bits per heavy atom. The first-order valence-corrected chi connectivity index (χ1v) is 15.7. The summed E-state index contributed by atoms with van der Waals surface area (Å²) in [5, 5.41) is 0. The van der Waals surface area contributed by atoms with Crippen LogP contribution in [0.1, 0.15) is 140 Å². The molecule has 196 valence electrons. The number of hydrogen-bond acceptors (Lipinski definition) is 0. The van der Waals surface area contributed by atoms with Crippen molar-refractivity contribution in [3.63, 3.8) is 0 Å². The van der Waals surface area contributed by atoms with Crippen LogP contribution in [-0.4, -0.2) is 0 Å². The molecule has 0 spiro atoms. The highest BCUT2D eigenvalue weighted by Gasteiger charge is 2.22. The fourth-order valence-electron chi connectivity index (χ4n) is 6.82. The Hall–Kier alpha value is -1.82. The Morgan fingerprint density at radius 2 is 1.17 bits per heavy atom. The van der Waals surface area contributed by atoms with Crippen LogP contribution in [0.2, 0.25) is 0 Å². The van der Waals surface area contributed by atoms with E-state index in [4.69, 9.17) is 0 Å². The highest BCUT2D eigenvalue weighted by atomic mass is 14.3. The molecule has 0 N–H and O–H groups in total. The van der Waals surface area contributed by atoms with Gasteiger partial charge in [-0.15, -0.1) is 0 Å². The summed E-state index contributed by atoms with van der Waals surface area (Å²) in [6.45, 7) is 4.62. The Bertz CT molecular complexity index is 892. The standard InChI is InChI=1S/C36H52/c1-3-5-6-7-8-9-10-12-30-15-19-32(20-16-30)34-23-27-36(28-24-34)35-25-21-33(22-26-35)31-17-13-29(11-4-2)14-18-31/h17,21-30,32H,3-16,18-20H2,1-2H3. The van der Waals surface area contributed by atoms with Crippen molar-refractivity contribution in [2.75, 3.05) is 0 Å². The zero-order chi connectivity index (χ0) is 25.0. The van der Waals surface area contributed by atoms with Gasteiger partial charge in [-0.05, 0) is 90.5 Å². The zero-order valence-corrected chi connectivity index (χ0v) is 23.4. The molecule has 0 bridgehead atoms. The SMILES string of the molecule is CCCCCCCCCC1CCC(c2ccc(-c3ccc(C4=CCC(CCC)CC4)cc3)cc2)CC1. The van der Waals surface area contributed by atoms with Gasteiger partial charge in [0.2, 0.25) is 0 Å². The van der Waals surface area contributed by atoms with Gasteiger partial charge in [0, 0.05) is 0 Å². The van der Waals surface area contributed by atoms with Crippen LogP contribution >= 0.6 is 0 Å². The minimum Gasteiger partial charge on any atom is -0.0804 e. The first-order chi connectivity index (χ1) is 17.8. The third kappa shape index (κ3) is 8.09. The third-order valence-corrected chi connectivity index (χ3v) is 9.25. The van der Waals surface area contributed by atoms with Crippen LogP contribution in [0.25, 0.3) is 16.7 Å². The molecule has 0 heteroatoms. The molecule has 1 unspecified atom stereocenters. The minimum absolute atomic E-state index is 0.779. The number of unbranched alkanes of at least 4 members (excludes halogenated alkanes) is 6. The molecule has 2 aliphatic carbocycles. The fraction of sp³-hybridized carbons (Fsp3) is 0.611. The van der Waals surface area contributed by atoms with E-state index >= 15 is 0 Å². The summed E-state index contributed by atoms with van der Waals surface area (Å²) in [7, 11) is 0. The quantitative estimate of drug-likeness (QED) is 0.248. The maximum absolute atomic E-state index is 2.51. The Morgan fingerprint density at radius 1 is 0.556 bits per heavy atom. The average Bonchev–Trinajstić information content (AvgIpc) is 2.94. The van der Waals surface area contributed by atoms with E-state index in [1.165, 1.54) is 126 Å². The molecule has 0 heterocycles. The molecule has 1 saturated carbocycles. The minimum atomic E-state index is 0.779. The smallest absolute Gasteiger partial charge is 0.0162 e. The highest BCUT2D eigenvalue weighted by molar-refractivity contribution is 5.71. The molecule has 0 amide bonds. The van der Waals surface area contributed by atoms with Gasteiger partial charge >= 0.3 is 0 Å². The zero-order valence-electron chi connectivity index (χ0n) is 23.4. The third-order valence-electron chi connectivity index (χ3n) is 9.25. The number of hydrogen-bond donors (Lipinski definition) is 0. The van der Waals surface area contributed by atoms with Crippen molar-refractivity contribution in [1.29, 1.82) is 0 Å². The summed E-state index contributed by atoms with van der Waals surface area (Å²) in [4.78, 5) is 0. The van der Waals surface area contributed by atoms with Crippen LogP contribution < -0.4 is 0 Å². The van der Waals surface area contributed by atoms with Crippen molar-refractivity contribution in [3.8, 4) is 11.1 Å². The molecule has 0 aliphatic heterocycles. The van der Waals surface area contributed by atoms with Gasteiger partial charge in [0.25, 0.3) is 0 Å². The van der Waals surface area contributed by atoms with E-state index in [0.717, 1.165) is 17.8 Å². The summed E-state index contributed by atoms with van der Waals surface area (Å²) in [5.41, 5.74) is 7.27. The van der Waals surface area contributed by atoms with E-state index in [1.54, 1.807) is 11.1 Å². The van der Waals surface area contributed by atoms with E-state index in [1.807, 2.05) is 0 Å². The number of allylic oxidation sites excluding steroid dienone is 2. The van der Waals surface area contributed by atoms with Gasteiger partial charge in [-0.25, -0.2) is 0 Å². The molecule has 4 rings (SSSR count). The molecule has 0 saturated heterocycles. The molecule has 2 aliphatic rings. The van der Waals surface area contributed by atoms with Crippen molar-refractivity contribution in [2.24, 2.45) is 11.8 Å². The molecular weight excluding hydrogens is 432 g/mol. The molecule has 1 atom stereocenters. The van der Waals surface area contributed by atoms with E-state index in [2.05, 4.69) is 68.5 Å². The molecule has 1 fully saturated rings. The van der Waals surface area contributed by atoms with Gasteiger partial charge in [-0.1, -0.05) is 133 Å². The van der Waals surface area contributed by atoms with Gasteiger partial charge in [-0.3, -0.25) is 0 Å². The molecule has 36 heavy (non-hydrogen) atoms. The second-order valence-electron chi connectivity index (χ2n) is 12.0. The lowest BCUT2D eigenvalue weighted by molar-refractivity contribution is 0.302. The normalized spacial score (nSPS) is 22.4. The van der Waals surface area contributed by atoms with Crippen LogP contribution in [0.5, 0.6) is 0 Å². The molecule has 0 aromatic heterocycles. The first-order valence-electron chi connectivity index (χ1n) is 15.7. The lowest BCUT2D eigenvalue weighted by Crippen LogP contribution is -2.13. The van der Waals surface area contributed by atoms with Crippen LogP contribution in [0.15, 0.2) is 54.6 Å². The van der Waals surface area contributed by atoms with Crippen molar-refractivity contribution < 1.29 is 0 Å². The van der Waals surface area contributed by atoms with Gasteiger partial charge in [-0.2, -0.15) is 0 Å². The average molecular weight is 485 g/mol. The molecular formula is C36H52. The van der Waals surface area contributed by atoms with E-state index in [0.29, 0.717) is 0 Å². The maximum Gasteiger partial charge on any atom is -0.0162 e. The lowest BCUT2D eigenvalue weighted by atomic mass is 9.77. The van der Waals surface area contributed by atoms with Crippen LogP contribution in [-0.2, 0) is 0 Å². The van der Waals surface area contributed by atoms with Crippen LogP contribution in [0.3, 0.4) is 0 Å². The van der Waals surface area contributed by atoms with E-state index in [9.17, 15) is 0 Å². The first kappa shape index (κ1) is 27.2. The lowest BCUT2D eigenvalue weighted by Gasteiger charge is -2.29. The predicted octanol–water partition coefficient (Wildman–Crippen LogP) is 11.8. The summed E-state index contributed by atoms with van der Waals surface area (Å²) in [6.07, 6.45) is 26.3. The van der Waals surface area contributed by atoms with Crippen molar-refractivity contribution in [2.45, 2.75) is 129 Å². The molecule has 0 radical (unpaired) electrons. The van der Waals surface area contributed by atoms with Crippen molar-refractivity contribution >= 4 is 5.57 Å². The number of benzene rings is 2. The highest BCUT2D eigenvalue weighted by Crippen LogP contribution is 2.38. The van der Waals surface area contributed by atoms with Gasteiger partial charge in [0.1, 0.15) is 0 Å². The van der Waals surface area contributed by atoms with Crippen molar-refractivity contribution in [1.82, 2.24) is 0 Å². The fourth-order valence-corrected chi connectivity index (χ4v) is 6.82. The Kier molecular flexibility index (Phi) is 11.2. The molecule has 2 aromatic rings. The Balaban J connectivity index is 1.21. The predicted molar refractivity (Wildman–Crippen MR) is 159 cm³/mol. The second-order valence-corrected chi connectivity index (χ2v) is 12.0. The van der Waals surface area contributed by atoms with Crippen LogP contribution in [0, 0.1) is 11.8 Å². The second kappa shape index (κ2) is 14.8. The molecule has 2 aromatic carbocycles. The summed E-state index contributed by atoms with van der Waals surface area (Å²) < 4.78 is 0. The van der Waals surface area contributed by atoms with Crippen LogP contribution in [0.4, 0.5) is 0 Å². The monoisotopic (exact) mass is 484 g/mol. The number of rotatable bonds is 13. The van der Waals surface area contributed by atoms with E-state index in [-0.39, 0.29) is 0 Å². The molecule has 0 nitrogen and oxygen atoms in total. The Labute approximate surface area is 223 Å². The summed E-state index contributed by atoms with van der Waals surface area (Å²) in [5.74, 6) is 2.68. The van der Waals surface area contributed by atoms with Gasteiger partial charge in [0.05, 0.1) is 0 Å². The summed E-state index contributed by atoms with van der Waals surface area (Å²) >= 11 is 0. The van der Waals surface area contributed by atoms with Gasteiger partial charge < -0.3 is 0 Å². The maximum atomic E-state index is 2.51.